The van der Waals surface area contributed by atoms with E-state index >= 15 is 0 Å². The predicted molar refractivity (Wildman–Crippen MR) is 107 cm³/mol. The summed E-state index contributed by atoms with van der Waals surface area (Å²) in [6.45, 7) is 0.935. The van der Waals surface area contributed by atoms with Crippen molar-refractivity contribution in [1.29, 1.82) is 0 Å². The van der Waals surface area contributed by atoms with Gasteiger partial charge in [0.25, 0.3) is 0 Å². The molecular weight excluding hydrogens is 460 g/mol. The van der Waals surface area contributed by atoms with Crippen LogP contribution in [0.3, 0.4) is 0 Å². The average molecular weight is 484 g/mol. The fourth-order valence-corrected chi connectivity index (χ4v) is 2.78. The number of hydrogen-bond acceptors (Lipinski definition) is 2. The lowest BCUT2D eigenvalue weighted by atomic mass is 9.90. The molecule has 1 aliphatic heterocycles. The van der Waals surface area contributed by atoms with Gasteiger partial charge in [-0.3, -0.25) is 9.79 Å². The van der Waals surface area contributed by atoms with E-state index in [1.807, 2.05) is 24.3 Å². The molecule has 1 aliphatic rings. The molecule has 0 aliphatic carbocycles. The number of guanidine groups is 1. The van der Waals surface area contributed by atoms with E-state index in [4.69, 9.17) is 0 Å². The normalized spacial score (nSPS) is 17.0. The van der Waals surface area contributed by atoms with Crippen LogP contribution >= 0.6 is 24.0 Å². The lowest BCUT2D eigenvalue weighted by molar-refractivity contribution is -0.135. The number of unbranched alkanes of at least 4 members (excludes halogenated alkanes) is 1. The van der Waals surface area contributed by atoms with Gasteiger partial charge in [-0.1, -0.05) is 18.2 Å². The first-order valence-corrected chi connectivity index (χ1v) is 8.29. The molecule has 0 bridgehead atoms. The van der Waals surface area contributed by atoms with Gasteiger partial charge in [0, 0.05) is 44.6 Å². The standard InChI is InChI=1S/C17H23F3N4O.HI/c1-21-16(22-9-5-4-8-17(18,19)20)23-11-12-10-15(25)24-14-7-3-2-6-13(12)14;/h2-3,6-7,12H,4-5,8-11H2,1H3,(H,24,25)(H2,21,22,23);1H. The fraction of sp³-hybridized carbons (Fsp3) is 0.529. The largest absolute Gasteiger partial charge is 0.389 e. The Labute approximate surface area is 168 Å². The van der Waals surface area contributed by atoms with E-state index in [1.165, 1.54) is 0 Å². The zero-order valence-corrected chi connectivity index (χ0v) is 16.9. The molecule has 1 aromatic rings. The molecule has 1 amide bonds. The number of nitrogens with zero attached hydrogens (tertiary/aromatic N) is 1. The Morgan fingerprint density at radius 3 is 2.69 bits per heavy atom. The van der Waals surface area contributed by atoms with Crippen LogP contribution in [0.5, 0.6) is 0 Å². The van der Waals surface area contributed by atoms with Gasteiger partial charge in [-0.2, -0.15) is 13.2 Å². The number of alkyl halides is 3. The van der Waals surface area contributed by atoms with Crippen molar-refractivity contribution in [1.82, 2.24) is 10.6 Å². The number of amides is 1. The molecule has 0 saturated carbocycles. The highest BCUT2D eigenvalue weighted by Crippen LogP contribution is 2.31. The molecule has 3 N–H and O–H groups in total. The number of anilines is 1. The highest BCUT2D eigenvalue weighted by Gasteiger charge is 2.26. The minimum Gasteiger partial charge on any atom is -0.356 e. The maximum atomic E-state index is 12.1. The minimum atomic E-state index is -4.10. The summed E-state index contributed by atoms with van der Waals surface area (Å²) in [4.78, 5) is 15.9. The molecule has 9 heteroatoms. The van der Waals surface area contributed by atoms with E-state index in [0.717, 1.165) is 11.3 Å². The van der Waals surface area contributed by atoms with E-state index in [-0.39, 0.29) is 42.2 Å². The highest BCUT2D eigenvalue weighted by atomic mass is 127. The molecule has 0 aromatic heterocycles. The van der Waals surface area contributed by atoms with Crippen molar-refractivity contribution in [2.75, 3.05) is 25.5 Å². The third-order valence-electron chi connectivity index (χ3n) is 4.03. The number of halogens is 4. The van der Waals surface area contributed by atoms with Crippen LogP contribution in [0, 0.1) is 0 Å². The first kappa shape index (κ1) is 22.5. The summed E-state index contributed by atoms with van der Waals surface area (Å²) in [5.41, 5.74) is 1.89. The Bertz CT molecular complexity index is 622. The lowest BCUT2D eigenvalue weighted by Gasteiger charge is -2.26. The molecule has 2 rings (SSSR count). The number of benzene rings is 1. The van der Waals surface area contributed by atoms with Gasteiger partial charge >= 0.3 is 6.18 Å². The van der Waals surface area contributed by atoms with Crippen molar-refractivity contribution in [2.24, 2.45) is 4.99 Å². The highest BCUT2D eigenvalue weighted by molar-refractivity contribution is 14.0. The summed E-state index contributed by atoms with van der Waals surface area (Å²) in [6, 6.07) is 7.65. The molecule has 0 spiro atoms. The van der Waals surface area contributed by atoms with Gasteiger partial charge < -0.3 is 16.0 Å². The molecule has 5 nitrogen and oxygen atoms in total. The SMILES string of the molecule is CN=C(NCCCCC(F)(F)F)NCC1CC(=O)Nc2ccccc21.I. The number of carbonyl (C=O) groups excluding carboxylic acids is 1. The molecule has 26 heavy (non-hydrogen) atoms. The van der Waals surface area contributed by atoms with Crippen molar-refractivity contribution in [2.45, 2.75) is 37.8 Å². The van der Waals surface area contributed by atoms with Gasteiger partial charge in [0.05, 0.1) is 0 Å². The Morgan fingerprint density at radius 2 is 2.00 bits per heavy atom. The summed E-state index contributed by atoms with van der Waals surface area (Å²) in [5.74, 6) is 0.518. The number of hydrogen-bond donors (Lipinski definition) is 3. The first-order valence-electron chi connectivity index (χ1n) is 8.29. The zero-order chi connectivity index (χ0) is 18.3. The molecule has 146 valence electrons. The number of nitrogens with one attached hydrogen (secondary N) is 3. The van der Waals surface area contributed by atoms with Crippen molar-refractivity contribution in [3.8, 4) is 0 Å². The average Bonchev–Trinajstić information content (AvgIpc) is 2.56. The third kappa shape index (κ3) is 7.38. The predicted octanol–water partition coefficient (Wildman–Crippen LogP) is 3.63. The van der Waals surface area contributed by atoms with Gasteiger partial charge in [0.15, 0.2) is 5.96 Å². The van der Waals surface area contributed by atoms with Gasteiger partial charge in [-0.05, 0) is 24.5 Å². The second-order valence-corrected chi connectivity index (χ2v) is 5.99. The molecule has 1 unspecified atom stereocenters. The number of para-hydroxylation sites is 1. The molecule has 0 fully saturated rings. The van der Waals surface area contributed by atoms with Gasteiger partial charge in [-0.25, -0.2) is 0 Å². The van der Waals surface area contributed by atoms with Gasteiger partial charge in [-0.15, -0.1) is 24.0 Å². The van der Waals surface area contributed by atoms with Crippen LogP contribution in [-0.4, -0.2) is 38.2 Å². The number of fused-ring (bicyclic) bond motifs is 1. The van der Waals surface area contributed by atoms with E-state index in [2.05, 4.69) is 20.9 Å². The van der Waals surface area contributed by atoms with Crippen LogP contribution in [-0.2, 0) is 4.79 Å². The lowest BCUT2D eigenvalue weighted by Crippen LogP contribution is -2.41. The van der Waals surface area contributed by atoms with Gasteiger partial charge in [0.1, 0.15) is 0 Å². The van der Waals surface area contributed by atoms with E-state index < -0.39 is 12.6 Å². The summed E-state index contributed by atoms with van der Waals surface area (Å²) in [7, 11) is 1.60. The van der Waals surface area contributed by atoms with Crippen molar-refractivity contribution < 1.29 is 18.0 Å². The smallest absolute Gasteiger partial charge is 0.356 e. The van der Waals surface area contributed by atoms with Crippen molar-refractivity contribution in [3.05, 3.63) is 29.8 Å². The van der Waals surface area contributed by atoms with Crippen LogP contribution in [0.4, 0.5) is 18.9 Å². The van der Waals surface area contributed by atoms with E-state index in [1.54, 1.807) is 7.05 Å². The summed E-state index contributed by atoms with van der Waals surface area (Å²) in [5, 5.41) is 8.99. The maximum Gasteiger partial charge on any atom is 0.389 e. The fourth-order valence-electron chi connectivity index (χ4n) is 2.78. The summed E-state index contributed by atoms with van der Waals surface area (Å²) >= 11 is 0. The number of aliphatic imine (C=N–C) groups is 1. The molecule has 0 radical (unpaired) electrons. The Balaban J connectivity index is 0.00000338. The quantitative estimate of drug-likeness (QED) is 0.250. The second-order valence-electron chi connectivity index (χ2n) is 5.99. The molecule has 1 aromatic carbocycles. The van der Waals surface area contributed by atoms with E-state index in [9.17, 15) is 18.0 Å². The third-order valence-corrected chi connectivity index (χ3v) is 4.03. The molecule has 1 atom stereocenters. The number of carbonyl (C=O) groups is 1. The van der Waals surface area contributed by atoms with E-state index in [0.29, 0.717) is 31.9 Å². The monoisotopic (exact) mass is 484 g/mol. The number of rotatable bonds is 6. The van der Waals surface area contributed by atoms with Crippen LogP contribution in [0.25, 0.3) is 0 Å². The van der Waals surface area contributed by atoms with Crippen LogP contribution < -0.4 is 16.0 Å². The maximum absolute atomic E-state index is 12.1. The van der Waals surface area contributed by atoms with Crippen LogP contribution in [0.15, 0.2) is 29.3 Å². The van der Waals surface area contributed by atoms with Crippen LogP contribution in [0.1, 0.15) is 37.2 Å². The summed E-state index contributed by atoms with van der Waals surface area (Å²) in [6.07, 6.45) is -3.99. The summed E-state index contributed by atoms with van der Waals surface area (Å²) < 4.78 is 36.3. The topological polar surface area (TPSA) is 65.5 Å². The Kier molecular flexibility index (Phi) is 9.17. The Morgan fingerprint density at radius 1 is 1.27 bits per heavy atom. The minimum absolute atomic E-state index is 0. The van der Waals surface area contributed by atoms with Crippen molar-refractivity contribution >= 4 is 41.5 Å². The first-order chi connectivity index (χ1) is 11.9. The van der Waals surface area contributed by atoms with Crippen LogP contribution in [0.2, 0.25) is 0 Å². The Hall–Kier alpha value is -1.52. The van der Waals surface area contributed by atoms with Gasteiger partial charge in [0.2, 0.25) is 5.91 Å². The molecule has 1 heterocycles. The zero-order valence-electron chi connectivity index (χ0n) is 14.5. The molecule has 0 saturated heterocycles. The second kappa shape index (κ2) is 10.6. The van der Waals surface area contributed by atoms with Crippen molar-refractivity contribution in [3.63, 3.8) is 0 Å². The molecular formula is C17H24F3IN4O.